The van der Waals surface area contributed by atoms with E-state index in [4.69, 9.17) is 9.47 Å². The maximum absolute atomic E-state index is 12.4. The smallest absolute Gasteiger partial charge is 0.343 e. The molecule has 3 rings (SSSR count). The van der Waals surface area contributed by atoms with E-state index in [0.717, 1.165) is 31.4 Å². The fraction of sp³-hybridized carbons (Fsp3) is 0.444. The van der Waals surface area contributed by atoms with Crippen LogP contribution in [0.3, 0.4) is 0 Å². The lowest BCUT2D eigenvalue weighted by Gasteiger charge is -2.26. The van der Waals surface area contributed by atoms with Gasteiger partial charge in [0.25, 0.3) is 0 Å². The first-order valence-electron chi connectivity index (χ1n) is 11.4. The highest BCUT2D eigenvalue weighted by molar-refractivity contribution is 5.91. The van der Waals surface area contributed by atoms with E-state index in [2.05, 4.69) is 26.0 Å². The van der Waals surface area contributed by atoms with Gasteiger partial charge in [0.05, 0.1) is 11.7 Å². The normalized spacial score (nSPS) is 19.1. The van der Waals surface area contributed by atoms with Gasteiger partial charge in [-0.1, -0.05) is 49.8 Å². The molecule has 0 amide bonds. The van der Waals surface area contributed by atoms with Crippen LogP contribution in [0.2, 0.25) is 0 Å². The Morgan fingerprint density at radius 1 is 0.967 bits per heavy atom. The van der Waals surface area contributed by atoms with Crippen LogP contribution in [0.4, 0.5) is 0 Å². The number of aryl methyl sites for hydroxylation is 1. The van der Waals surface area contributed by atoms with Crippen molar-refractivity contribution in [2.24, 2.45) is 5.92 Å². The Morgan fingerprint density at radius 2 is 1.67 bits per heavy atom. The van der Waals surface area contributed by atoms with Crippen LogP contribution in [0.5, 0.6) is 5.75 Å². The second-order valence-electron chi connectivity index (χ2n) is 8.11. The van der Waals surface area contributed by atoms with Crippen molar-refractivity contribution in [2.75, 3.05) is 6.61 Å². The third kappa shape index (κ3) is 6.84. The van der Waals surface area contributed by atoms with Crippen molar-refractivity contribution in [3.8, 4) is 5.75 Å². The lowest BCUT2D eigenvalue weighted by Crippen LogP contribution is -2.20. The van der Waals surface area contributed by atoms with Gasteiger partial charge in [0.2, 0.25) is 0 Å². The number of carbonyl (C=O) groups excluding carboxylic acids is 1. The highest BCUT2D eigenvalue weighted by Crippen LogP contribution is 2.27. The molecule has 0 heterocycles. The Hall–Kier alpha value is -2.39. The van der Waals surface area contributed by atoms with Crippen LogP contribution in [0, 0.1) is 5.92 Å². The summed E-state index contributed by atoms with van der Waals surface area (Å²) in [5.41, 5.74) is 2.96. The monoisotopic (exact) mass is 406 g/mol. The molecule has 0 radical (unpaired) electrons. The first-order valence-corrected chi connectivity index (χ1v) is 11.4. The zero-order valence-corrected chi connectivity index (χ0v) is 18.3. The number of hydrogen-bond acceptors (Lipinski definition) is 3. The standard InChI is InChI=1S/C27H34O3/c1-3-5-6-21-13-19-26(20-14-21)30-27(28)24-15-9-22(10-16-24)7-8-23-11-17-25(18-12-23)29-4-2/h7-10,13-16,19-20,23,25H,3-6,11-12,17-18H2,1-2H3. The topological polar surface area (TPSA) is 35.5 Å². The molecule has 2 aromatic rings. The number of esters is 1. The van der Waals surface area contributed by atoms with E-state index in [-0.39, 0.29) is 5.97 Å². The third-order valence-corrected chi connectivity index (χ3v) is 5.78. The molecular weight excluding hydrogens is 372 g/mol. The van der Waals surface area contributed by atoms with Gasteiger partial charge in [-0.15, -0.1) is 0 Å². The predicted octanol–water partition coefficient (Wildman–Crippen LogP) is 6.86. The Labute approximate surface area is 181 Å². The molecule has 30 heavy (non-hydrogen) atoms. The minimum Gasteiger partial charge on any atom is -0.423 e. The zero-order chi connectivity index (χ0) is 21.2. The van der Waals surface area contributed by atoms with Crippen molar-refractivity contribution in [1.82, 2.24) is 0 Å². The van der Waals surface area contributed by atoms with E-state index in [9.17, 15) is 4.79 Å². The number of rotatable bonds is 9. The summed E-state index contributed by atoms with van der Waals surface area (Å²) in [6.45, 7) is 5.06. The van der Waals surface area contributed by atoms with Gasteiger partial charge in [-0.2, -0.15) is 0 Å². The summed E-state index contributed by atoms with van der Waals surface area (Å²) in [7, 11) is 0. The molecule has 1 aliphatic rings. The number of hydrogen-bond donors (Lipinski definition) is 0. The summed E-state index contributed by atoms with van der Waals surface area (Å²) in [6, 6.07) is 15.5. The van der Waals surface area contributed by atoms with Gasteiger partial charge >= 0.3 is 5.97 Å². The van der Waals surface area contributed by atoms with Crippen LogP contribution >= 0.6 is 0 Å². The fourth-order valence-electron chi connectivity index (χ4n) is 3.93. The minimum atomic E-state index is -0.318. The molecule has 3 heteroatoms. The molecule has 0 saturated heterocycles. The molecule has 0 unspecified atom stereocenters. The van der Waals surface area contributed by atoms with Gasteiger partial charge in [0.15, 0.2) is 0 Å². The molecule has 1 aliphatic carbocycles. The molecule has 3 nitrogen and oxygen atoms in total. The third-order valence-electron chi connectivity index (χ3n) is 5.78. The van der Waals surface area contributed by atoms with Crippen LogP contribution in [-0.4, -0.2) is 18.7 Å². The number of ether oxygens (including phenoxy) is 2. The van der Waals surface area contributed by atoms with Crippen molar-refractivity contribution in [1.29, 1.82) is 0 Å². The van der Waals surface area contributed by atoms with E-state index in [1.165, 1.54) is 31.2 Å². The van der Waals surface area contributed by atoms with Crippen LogP contribution in [0.1, 0.15) is 73.9 Å². The lowest BCUT2D eigenvalue weighted by molar-refractivity contribution is 0.0303. The van der Waals surface area contributed by atoms with Crippen molar-refractivity contribution in [3.05, 3.63) is 71.3 Å². The lowest BCUT2D eigenvalue weighted by atomic mass is 9.87. The number of carbonyl (C=O) groups is 1. The summed E-state index contributed by atoms with van der Waals surface area (Å²) in [5.74, 6) is 0.889. The first kappa shape index (κ1) is 22.3. The number of benzene rings is 2. The van der Waals surface area contributed by atoms with Crippen LogP contribution < -0.4 is 4.74 Å². The van der Waals surface area contributed by atoms with E-state index in [1.54, 1.807) is 0 Å². The molecule has 2 aromatic carbocycles. The van der Waals surface area contributed by atoms with Gasteiger partial charge in [0, 0.05) is 6.61 Å². The van der Waals surface area contributed by atoms with Crippen molar-refractivity contribution in [3.63, 3.8) is 0 Å². The molecule has 1 saturated carbocycles. The van der Waals surface area contributed by atoms with E-state index < -0.39 is 0 Å². The number of unbranched alkanes of at least 4 members (excludes halogenated alkanes) is 1. The van der Waals surface area contributed by atoms with Crippen molar-refractivity contribution >= 4 is 12.0 Å². The van der Waals surface area contributed by atoms with Gasteiger partial charge in [0.1, 0.15) is 5.75 Å². The molecule has 0 spiro atoms. The second kappa shape index (κ2) is 11.7. The second-order valence-corrected chi connectivity index (χ2v) is 8.11. The molecule has 0 bridgehead atoms. The largest absolute Gasteiger partial charge is 0.423 e. The van der Waals surface area contributed by atoms with Gasteiger partial charge in [-0.3, -0.25) is 0 Å². The molecule has 160 valence electrons. The maximum atomic E-state index is 12.4. The quantitative estimate of drug-likeness (QED) is 0.337. The van der Waals surface area contributed by atoms with E-state index in [1.807, 2.05) is 48.5 Å². The van der Waals surface area contributed by atoms with E-state index >= 15 is 0 Å². The van der Waals surface area contributed by atoms with Crippen LogP contribution in [0.15, 0.2) is 54.6 Å². The Balaban J connectivity index is 1.49. The zero-order valence-electron chi connectivity index (χ0n) is 18.3. The number of allylic oxidation sites excluding steroid dienone is 1. The summed E-state index contributed by atoms with van der Waals surface area (Å²) in [4.78, 5) is 12.4. The van der Waals surface area contributed by atoms with Crippen LogP contribution in [-0.2, 0) is 11.2 Å². The SMILES string of the molecule is CCCCc1ccc(OC(=O)c2ccc(C=CC3CCC(OCC)CC3)cc2)cc1. The van der Waals surface area contributed by atoms with Gasteiger partial charge in [-0.05, 0) is 86.8 Å². The predicted molar refractivity (Wildman–Crippen MR) is 123 cm³/mol. The molecule has 0 N–H and O–H groups in total. The van der Waals surface area contributed by atoms with Crippen molar-refractivity contribution in [2.45, 2.75) is 64.9 Å². The molecule has 0 atom stereocenters. The Morgan fingerprint density at radius 3 is 2.30 bits per heavy atom. The molecule has 0 aliphatic heterocycles. The maximum Gasteiger partial charge on any atom is 0.343 e. The minimum absolute atomic E-state index is 0.318. The highest BCUT2D eigenvalue weighted by atomic mass is 16.5. The average molecular weight is 407 g/mol. The van der Waals surface area contributed by atoms with E-state index in [0.29, 0.717) is 23.3 Å². The summed E-state index contributed by atoms with van der Waals surface area (Å²) < 4.78 is 11.2. The molecular formula is C27H34O3. The van der Waals surface area contributed by atoms with Crippen LogP contribution in [0.25, 0.3) is 6.08 Å². The van der Waals surface area contributed by atoms with Gasteiger partial charge < -0.3 is 9.47 Å². The Bertz CT molecular complexity index is 797. The van der Waals surface area contributed by atoms with Crippen molar-refractivity contribution < 1.29 is 14.3 Å². The molecule has 1 fully saturated rings. The first-order chi connectivity index (χ1) is 14.7. The van der Waals surface area contributed by atoms with Gasteiger partial charge in [-0.25, -0.2) is 4.79 Å². The fourth-order valence-corrected chi connectivity index (χ4v) is 3.93. The summed E-state index contributed by atoms with van der Waals surface area (Å²) >= 11 is 0. The highest BCUT2D eigenvalue weighted by Gasteiger charge is 2.19. The average Bonchev–Trinajstić information content (AvgIpc) is 2.79. The Kier molecular flexibility index (Phi) is 8.70. The summed E-state index contributed by atoms with van der Waals surface area (Å²) in [6.07, 6.45) is 13.0. The molecule has 0 aromatic heterocycles. The summed E-state index contributed by atoms with van der Waals surface area (Å²) in [5, 5.41) is 0.